The van der Waals surface area contributed by atoms with E-state index in [-0.39, 0.29) is 5.91 Å². The van der Waals surface area contributed by atoms with E-state index in [1.54, 1.807) is 12.4 Å². The molecule has 0 aliphatic heterocycles. The van der Waals surface area contributed by atoms with E-state index in [1.165, 1.54) is 29.0 Å². The number of nitrogens with one attached hydrogen (secondary N) is 2. The van der Waals surface area contributed by atoms with Crippen LogP contribution in [0.1, 0.15) is 34.1 Å². The smallest absolute Gasteiger partial charge is 0.254 e. The maximum absolute atomic E-state index is 12.4. The number of aryl methyl sites for hydroxylation is 2. The molecule has 0 atom stereocenters. The molecule has 4 aromatic rings. The summed E-state index contributed by atoms with van der Waals surface area (Å²) in [6, 6.07) is 9.92. The van der Waals surface area contributed by atoms with Crippen molar-refractivity contribution in [1.82, 2.24) is 25.3 Å². The van der Waals surface area contributed by atoms with Gasteiger partial charge in [-0.05, 0) is 48.7 Å². The molecule has 1 amide bonds. The molecule has 6 nitrogen and oxygen atoms in total. The van der Waals surface area contributed by atoms with Gasteiger partial charge in [0.25, 0.3) is 5.91 Å². The Hall–Kier alpha value is -3.54. The van der Waals surface area contributed by atoms with Gasteiger partial charge in [0.2, 0.25) is 0 Å². The van der Waals surface area contributed by atoms with Crippen molar-refractivity contribution in [3.05, 3.63) is 77.5 Å². The van der Waals surface area contributed by atoms with Gasteiger partial charge in [-0.25, -0.2) is 9.97 Å². The standard InChI is InChI=1S/C22H21N5O/c1-3-19-14(2)18-9-15(6-7-20(18)27-19)10-26-22(28)17-12-24-21(25-13-17)16-5-4-8-23-11-16/h4-9,11-13,27H,3,10H2,1-2H3,(H,26,28). The minimum absolute atomic E-state index is 0.196. The van der Waals surface area contributed by atoms with Crippen molar-refractivity contribution in [2.24, 2.45) is 0 Å². The molecule has 1 aromatic carbocycles. The van der Waals surface area contributed by atoms with Gasteiger partial charge < -0.3 is 10.3 Å². The van der Waals surface area contributed by atoms with Crippen LogP contribution in [0.5, 0.6) is 0 Å². The molecule has 0 saturated carbocycles. The SMILES string of the molecule is CCc1[nH]c2ccc(CNC(=O)c3cnc(-c4cccnc4)nc3)cc2c1C. The lowest BCUT2D eigenvalue weighted by atomic mass is 10.1. The Balaban J connectivity index is 1.45. The van der Waals surface area contributed by atoms with E-state index >= 15 is 0 Å². The van der Waals surface area contributed by atoms with Crippen molar-refractivity contribution >= 4 is 16.8 Å². The largest absolute Gasteiger partial charge is 0.358 e. The minimum atomic E-state index is -0.196. The van der Waals surface area contributed by atoms with Crippen LogP contribution in [-0.2, 0) is 13.0 Å². The zero-order chi connectivity index (χ0) is 19.5. The number of carbonyl (C=O) groups excluding carboxylic acids is 1. The van der Waals surface area contributed by atoms with Crippen molar-refractivity contribution < 1.29 is 4.79 Å². The Bertz CT molecular complexity index is 1120. The molecule has 4 rings (SSSR count). The van der Waals surface area contributed by atoms with Gasteiger partial charge >= 0.3 is 0 Å². The number of aromatic amines is 1. The van der Waals surface area contributed by atoms with Crippen LogP contribution in [0.15, 0.2) is 55.1 Å². The van der Waals surface area contributed by atoms with Gasteiger partial charge in [0, 0.05) is 53.5 Å². The maximum Gasteiger partial charge on any atom is 0.254 e. The Morgan fingerprint density at radius 3 is 2.68 bits per heavy atom. The van der Waals surface area contributed by atoms with Gasteiger partial charge in [0.1, 0.15) is 0 Å². The highest BCUT2D eigenvalue weighted by atomic mass is 16.1. The first-order chi connectivity index (χ1) is 13.7. The number of nitrogens with zero attached hydrogens (tertiary/aromatic N) is 3. The van der Waals surface area contributed by atoms with Gasteiger partial charge in [0.15, 0.2) is 5.82 Å². The first-order valence-corrected chi connectivity index (χ1v) is 9.26. The van der Waals surface area contributed by atoms with E-state index in [0.717, 1.165) is 23.1 Å². The Kier molecular flexibility index (Phi) is 4.85. The fourth-order valence-electron chi connectivity index (χ4n) is 3.27. The topological polar surface area (TPSA) is 83.6 Å². The number of pyridine rings is 1. The Labute approximate surface area is 163 Å². The first kappa shape index (κ1) is 17.9. The molecule has 2 N–H and O–H groups in total. The van der Waals surface area contributed by atoms with E-state index in [0.29, 0.717) is 17.9 Å². The van der Waals surface area contributed by atoms with E-state index in [4.69, 9.17) is 0 Å². The summed E-state index contributed by atoms with van der Waals surface area (Å²) < 4.78 is 0. The quantitative estimate of drug-likeness (QED) is 0.559. The molecular formula is C22H21N5O. The molecule has 6 heteroatoms. The van der Waals surface area contributed by atoms with Crippen molar-refractivity contribution in [2.75, 3.05) is 0 Å². The third kappa shape index (κ3) is 3.49. The van der Waals surface area contributed by atoms with Crippen LogP contribution >= 0.6 is 0 Å². The summed E-state index contributed by atoms with van der Waals surface area (Å²) in [4.78, 5) is 28.5. The molecule has 0 aliphatic rings. The highest BCUT2D eigenvalue weighted by molar-refractivity contribution is 5.93. The summed E-state index contributed by atoms with van der Waals surface area (Å²) in [6.07, 6.45) is 7.44. The number of rotatable bonds is 5. The van der Waals surface area contributed by atoms with E-state index in [2.05, 4.69) is 51.2 Å². The number of benzene rings is 1. The highest BCUT2D eigenvalue weighted by Crippen LogP contribution is 2.23. The predicted octanol–water partition coefficient (Wildman–Crippen LogP) is 3.82. The molecule has 3 aromatic heterocycles. The predicted molar refractivity (Wildman–Crippen MR) is 109 cm³/mol. The zero-order valence-electron chi connectivity index (χ0n) is 15.9. The van der Waals surface area contributed by atoms with Crippen molar-refractivity contribution in [1.29, 1.82) is 0 Å². The van der Waals surface area contributed by atoms with Gasteiger partial charge in [-0.15, -0.1) is 0 Å². The van der Waals surface area contributed by atoms with Crippen LogP contribution in [0.3, 0.4) is 0 Å². The molecule has 140 valence electrons. The van der Waals surface area contributed by atoms with Crippen molar-refractivity contribution in [3.8, 4) is 11.4 Å². The Morgan fingerprint density at radius 2 is 1.96 bits per heavy atom. The summed E-state index contributed by atoms with van der Waals surface area (Å²) >= 11 is 0. The van der Waals surface area contributed by atoms with Crippen molar-refractivity contribution in [3.63, 3.8) is 0 Å². The third-order valence-corrected chi connectivity index (χ3v) is 4.87. The number of fused-ring (bicyclic) bond motifs is 1. The van der Waals surface area contributed by atoms with Crippen LogP contribution < -0.4 is 5.32 Å². The summed E-state index contributed by atoms with van der Waals surface area (Å²) in [7, 11) is 0. The molecule has 0 fully saturated rings. The molecule has 3 heterocycles. The Morgan fingerprint density at radius 1 is 1.14 bits per heavy atom. The summed E-state index contributed by atoms with van der Waals surface area (Å²) in [5.41, 5.74) is 5.95. The molecule has 28 heavy (non-hydrogen) atoms. The molecule has 0 aliphatic carbocycles. The lowest BCUT2D eigenvalue weighted by Crippen LogP contribution is -2.23. The van der Waals surface area contributed by atoms with Gasteiger partial charge in [0.05, 0.1) is 5.56 Å². The van der Waals surface area contributed by atoms with Crippen LogP contribution in [0.25, 0.3) is 22.3 Å². The summed E-state index contributed by atoms with van der Waals surface area (Å²) in [5, 5.41) is 4.14. The van der Waals surface area contributed by atoms with Gasteiger partial charge in [-0.2, -0.15) is 0 Å². The molecule has 0 unspecified atom stereocenters. The first-order valence-electron chi connectivity index (χ1n) is 9.26. The number of carbonyl (C=O) groups is 1. The molecule has 0 bridgehead atoms. The van der Waals surface area contributed by atoms with Gasteiger partial charge in [-0.3, -0.25) is 9.78 Å². The highest BCUT2D eigenvalue weighted by Gasteiger charge is 2.10. The van der Waals surface area contributed by atoms with Crippen LogP contribution in [0.2, 0.25) is 0 Å². The fourth-order valence-corrected chi connectivity index (χ4v) is 3.27. The second-order valence-electron chi connectivity index (χ2n) is 6.68. The molecular weight excluding hydrogens is 350 g/mol. The number of aromatic nitrogens is 4. The third-order valence-electron chi connectivity index (χ3n) is 4.87. The van der Waals surface area contributed by atoms with Crippen LogP contribution in [0, 0.1) is 6.92 Å². The van der Waals surface area contributed by atoms with E-state index in [1.807, 2.05) is 18.2 Å². The molecule has 0 radical (unpaired) electrons. The average Bonchev–Trinajstić information content (AvgIpc) is 3.08. The number of hydrogen-bond acceptors (Lipinski definition) is 4. The minimum Gasteiger partial charge on any atom is -0.358 e. The second-order valence-corrected chi connectivity index (χ2v) is 6.68. The number of amides is 1. The summed E-state index contributed by atoms with van der Waals surface area (Å²) in [5.74, 6) is 0.350. The van der Waals surface area contributed by atoms with Crippen molar-refractivity contribution in [2.45, 2.75) is 26.8 Å². The fraction of sp³-hybridized carbons (Fsp3) is 0.182. The van der Waals surface area contributed by atoms with Crippen LogP contribution in [0.4, 0.5) is 0 Å². The van der Waals surface area contributed by atoms with E-state index < -0.39 is 0 Å². The number of H-pyrrole nitrogens is 1. The average molecular weight is 371 g/mol. The zero-order valence-corrected chi connectivity index (χ0v) is 15.9. The van der Waals surface area contributed by atoms with Crippen LogP contribution in [-0.4, -0.2) is 25.8 Å². The second kappa shape index (κ2) is 7.60. The molecule has 0 spiro atoms. The maximum atomic E-state index is 12.4. The normalized spacial score (nSPS) is 10.9. The summed E-state index contributed by atoms with van der Waals surface area (Å²) in [6.45, 7) is 4.72. The number of hydrogen-bond donors (Lipinski definition) is 2. The van der Waals surface area contributed by atoms with E-state index in [9.17, 15) is 4.79 Å². The lowest BCUT2D eigenvalue weighted by Gasteiger charge is -2.06. The van der Waals surface area contributed by atoms with Gasteiger partial charge in [-0.1, -0.05) is 13.0 Å². The molecule has 0 saturated heterocycles. The lowest BCUT2D eigenvalue weighted by molar-refractivity contribution is 0.0950. The monoisotopic (exact) mass is 371 g/mol.